The first-order valence-corrected chi connectivity index (χ1v) is 8.93. The molecule has 0 saturated heterocycles. The largest absolute Gasteiger partial charge is 0.346 e. The van der Waals surface area contributed by atoms with Gasteiger partial charge >= 0.3 is 0 Å². The first-order valence-electron chi connectivity index (χ1n) is 8.93. The molecule has 0 spiro atoms. The summed E-state index contributed by atoms with van der Waals surface area (Å²) in [7, 11) is 0. The van der Waals surface area contributed by atoms with Crippen LogP contribution in [-0.4, -0.2) is 29.9 Å². The first-order chi connectivity index (χ1) is 13.8. The Morgan fingerprint density at radius 2 is 1.64 bits per heavy atom. The van der Waals surface area contributed by atoms with Gasteiger partial charge in [-0.2, -0.15) is 0 Å². The molecular weight excluding hydrogens is 348 g/mol. The molecule has 6 heteroatoms. The van der Waals surface area contributed by atoms with Crippen LogP contribution in [0.2, 0.25) is 0 Å². The van der Waals surface area contributed by atoms with E-state index in [4.69, 9.17) is 4.98 Å². The normalized spacial score (nSPS) is 11.0. The van der Waals surface area contributed by atoms with Gasteiger partial charge in [0, 0.05) is 53.2 Å². The van der Waals surface area contributed by atoms with Crippen LogP contribution in [0.5, 0.6) is 0 Å². The molecule has 0 aliphatic heterocycles. The van der Waals surface area contributed by atoms with Crippen molar-refractivity contribution in [3.05, 3.63) is 79.1 Å². The predicted molar refractivity (Wildman–Crippen MR) is 108 cm³/mol. The van der Waals surface area contributed by atoms with Gasteiger partial charge in [0.15, 0.2) is 5.82 Å². The Morgan fingerprint density at radius 3 is 2.50 bits per heavy atom. The minimum atomic E-state index is 0.586. The van der Waals surface area contributed by atoms with E-state index in [9.17, 15) is 0 Å². The number of pyridine rings is 3. The number of rotatable bonds is 3. The Balaban J connectivity index is 1.70. The van der Waals surface area contributed by atoms with Crippen LogP contribution < -0.4 is 0 Å². The molecule has 5 aromatic heterocycles. The average molecular weight is 364 g/mol. The zero-order valence-electron chi connectivity index (χ0n) is 15.2. The van der Waals surface area contributed by atoms with Gasteiger partial charge in [-0.05, 0) is 48.9 Å². The SMILES string of the molecule is Cc1cccc(-c2nc(-c3cncc(-c4ccncc4)c3)c3cc[nH]c3n2)n1. The summed E-state index contributed by atoms with van der Waals surface area (Å²) >= 11 is 0. The molecule has 0 aromatic carbocycles. The predicted octanol–water partition coefficient (Wildman–Crippen LogP) is 4.45. The number of aryl methyl sites for hydroxylation is 1. The van der Waals surface area contributed by atoms with Crippen molar-refractivity contribution in [1.29, 1.82) is 0 Å². The fourth-order valence-corrected chi connectivity index (χ4v) is 3.22. The fraction of sp³-hybridized carbons (Fsp3) is 0.0455. The number of aromatic nitrogens is 6. The second-order valence-electron chi connectivity index (χ2n) is 6.50. The lowest BCUT2D eigenvalue weighted by atomic mass is 10.0. The second-order valence-corrected chi connectivity index (χ2v) is 6.50. The van der Waals surface area contributed by atoms with Gasteiger partial charge in [0.25, 0.3) is 0 Å². The molecule has 28 heavy (non-hydrogen) atoms. The number of aromatic amines is 1. The zero-order chi connectivity index (χ0) is 18.9. The van der Waals surface area contributed by atoms with E-state index < -0.39 is 0 Å². The van der Waals surface area contributed by atoms with E-state index in [1.807, 2.05) is 61.9 Å². The highest BCUT2D eigenvalue weighted by atomic mass is 15.0. The van der Waals surface area contributed by atoms with Crippen LogP contribution in [0.1, 0.15) is 5.69 Å². The molecule has 0 amide bonds. The van der Waals surface area contributed by atoms with Crippen molar-refractivity contribution in [1.82, 2.24) is 29.9 Å². The summed E-state index contributed by atoms with van der Waals surface area (Å²) in [6.45, 7) is 1.96. The number of H-pyrrole nitrogens is 1. The van der Waals surface area contributed by atoms with E-state index in [1.165, 1.54) is 0 Å². The maximum Gasteiger partial charge on any atom is 0.180 e. The number of hydrogen-bond donors (Lipinski definition) is 1. The highest BCUT2D eigenvalue weighted by Gasteiger charge is 2.14. The van der Waals surface area contributed by atoms with Crippen molar-refractivity contribution < 1.29 is 0 Å². The van der Waals surface area contributed by atoms with E-state index in [0.29, 0.717) is 5.82 Å². The molecule has 0 aliphatic rings. The zero-order valence-corrected chi connectivity index (χ0v) is 15.2. The molecule has 1 N–H and O–H groups in total. The van der Waals surface area contributed by atoms with Crippen molar-refractivity contribution >= 4 is 11.0 Å². The van der Waals surface area contributed by atoms with Crippen LogP contribution in [-0.2, 0) is 0 Å². The minimum Gasteiger partial charge on any atom is -0.346 e. The van der Waals surface area contributed by atoms with Gasteiger partial charge in [-0.25, -0.2) is 15.0 Å². The van der Waals surface area contributed by atoms with Gasteiger partial charge in [-0.3, -0.25) is 9.97 Å². The van der Waals surface area contributed by atoms with Crippen LogP contribution >= 0.6 is 0 Å². The molecule has 0 saturated carbocycles. The van der Waals surface area contributed by atoms with E-state index in [0.717, 1.165) is 44.8 Å². The lowest BCUT2D eigenvalue weighted by molar-refractivity contribution is 1.13. The molecule has 5 aromatic rings. The standard InChI is InChI=1S/C22H16N6/c1-14-3-2-4-19(26-14)22-27-20(18-7-10-25-21(18)28-22)17-11-16(12-24-13-17)15-5-8-23-9-6-15/h2-13H,1H3,(H,25,27,28). The molecule has 6 nitrogen and oxygen atoms in total. The van der Waals surface area contributed by atoms with Crippen molar-refractivity contribution in [2.75, 3.05) is 0 Å². The highest BCUT2D eigenvalue weighted by Crippen LogP contribution is 2.30. The van der Waals surface area contributed by atoms with Crippen LogP contribution in [0.3, 0.4) is 0 Å². The third-order valence-electron chi connectivity index (χ3n) is 4.56. The maximum absolute atomic E-state index is 4.84. The van der Waals surface area contributed by atoms with Gasteiger partial charge in [0.1, 0.15) is 11.3 Å². The molecule has 5 rings (SSSR count). The fourth-order valence-electron chi connectivity index (χ4n) is 3.22. The van der Waals surface area contributed by atoms with Gasteiger partial charge in [-0.1, -0.05) is 6.07 Å². The van der Waals surface area contributed by atoms with Crippen molar-refractivity contribution in [2.45, 2.75) is 6.92 Å². The molecule has 0 bridgehead atoms. The Bertz CT molecular complexity index is 1280. The topological polar surface area (TPSA) is 80.2 Å². The first kappa shape index (κ1) is 16.3. The maximum atomic E-state index is 4.84. The molecule has 0 fully saturated rings. The molecule has 5 heterocycles. The number of hydrogen-bond acceptors (Lipinski definition) is 5. The van der Waals surface area contributed by atoms with Crippen LogP contribution in [0.4, 0.5) is 0 Å². The van der Waals surface area contributed by atoms with E-state index in [2.05, 4.69) is 31.0 Å². The van der Waals surface area contributed by atoms with E-state index in [1.54, 1.807) is 12.4 Å². The van der Waals surface area contributed by atoms with Gasteiger partial charge in [0.2, 0.25) is 0 Å². The van der Waals surface area contributed by atoms with E-state index >= 15 is 0 Å². The number of fused-ring (bicyclic) bond motifs is 1. The number of nitrogens with zero attached hydrogens (tertiary/aromatic N) is 5. The molecular formula is C22H16N6. The lowest BCUT2D eigenvalue weighted by Gasteiger charge is -2.08. The summed E-state index contributed by atoms with van der Waals surface area (Å²) in [6.07, 6.45) is 9.10. The third kappa shape index (κ3) is 2.91. The van der Waals surface area contributed by atoms with Crippen LogP contribution in [0, 0.1) is 6.92 Å². The third-order valence-corrected chi connectivity index (χ3v) is 4.56. The lowest BCUT2D eigenvalue weighted by Crippen LogP contribution is -1.97. The summed E-state index contributed by atoms with van der Waals surface area (Å²) in [6, 6.07) is 13.8. The monoisotopic (exact) mass is 364 g/mol. The summed E-state index contributed by atoms with van der Waals surface area (Å²) in [5, 5.41) is 0.949. The summed E-state index contributed by atoms with van der Waals surface area (Å²) < 4.78 is 0. The van der Waals surface area contributed by atoms with Crippen molar-refractivity contribution in [3.63, 3.8) is 0 Å². The highest BCUT2D eigenvalue weighted by molar-refractivity contribution is 5.92. The molecule has 0 aliphatic carbocycles. The Labute approximate surface area is 161 Å². The quantitative estimate of drug-likeness (QED) is 0.511. The van der Waals surface area contributed by atoms with Gasteiger partial charge < -0.3 is 4.98 Å². The summed E-state index contributed by atoms with van der Waals surface area (Å²) in [5.41, 5.74) is 6.27. The van der Waals surface area contributed by atoms with Crippen molar-refractivity contribution in [2.24, 2.45) is 0 Å². The Morgan fingerprint density at radius 1 is 0.786 bits per heavy atom. The smallest absolute Gasteiger partial charge is 0.180 e. The van der Waals surface area contributed by atoms with Crippen LogP contribution in [0.15, 0.2) is 73.4 Å². The Hall–Kier alpha value is -3.93. The van der Waals surface area contributed by atoms with Gasteiger partial charge in [-0.15, -0.1) is 0 Å². The average Bonchev–Trinajstić information content (AvgIpc) is 3.22. The van der Waals surface area contributed by atoms with E-state index in [-0.39, 0.29) is 0 Å². The summed E-state index contributed by atoms with van der Waals surface area (Å²) in [5.74, 6) is 0.586. The number of nitrogens with one attached hydrogen (secondary N) is 1. The minimum absolute atomic E-state index is 0.586. The summed E-state index contributed by atoms with van der Waals surface area (Å²) in [4.78, 5) is 25.8. The Kier molecular flexibility index (Phi) is 3.87. The molecule has 0 atom stereocenters. The molecule has 134 valence electrons. The molecule has 0 unspecified atom stereocenters. The van der Waals surface area contributed by atoms with Crippen molar-refractivity contribution in [3.8, 4) is 33.9 Å². The van der Waals surface area contributed by atoms with Crippen LogP contribution in [0.25, 0.3) is 44.9 Å². The second kappa shape index (κ2) is 6.66. The van der Waals surface area contributed by atoms with Gasteiger partial charge in [0.05, 0.1) is 5.69 Å². The molecule has 0 radical (unpaired) electrons.